The maximum atomic E-state index is 13.2. The van der Waals surface area contributed by atoms with E-state index >= 15 is 0 Å². The molecule has 1 aromatic rings. The van der Waals surface area contributed by atoms with Crippen molar-refractivity contribution < 1.29 is 9.90 Å². The van der Waals surface area contributed by atoms with Gasteiger partial charge in [0.2, 0.25) is 5.91 Å². The fourth-order valence-electron chi connectivity index (χ4n) is 4.58. The van der Waals surface area contributed by atoms with E-state index in [0.29, 0.717) is 32.4 Å². The van der Waals surface area contributed by atoms with Crippen molar-refractivity contribution in [2.45, 2.75) is 51.7 Å². The Morgan fingerprint density at radius 2 is 2.19 bits per heavy atom. The largest absolute Gasteiger partial charge is 0.393 e. The lowest BCUT2D eigenvalue weighted by atomic mass is 9.89. The second-order valence-electron chi connectivity index (χ2n) is 9.59. The summed E-state index contributed by atoms with van der Waals surface area (Å²) in [6.45, 7) is 7.79. The number of likely N-dealkylation sites (tertiary alicyclic amines) is 1. The third-order valence-corrected chi connectivity index (χ3v) is 6.88. The fourth-order valence-corrected chi connectivity index (χ4v) is 4.76. The van der Waals surface area contributed by atoms with Gasteiger partial charge in [0.15, 0.2) is 0 Å². The normalized spacial score (nSPS) is 30.3. The maximum Gasteiger partial charge on any atom is 0.236 e. The predicted octanol–water partition coefficient (Wildman–Crippen LogP) is 3.67. The Morgan fingerprint density at radius 3 is 2.94 bits per heavy atom. The standard InChI is InChI=1S/C25H37ClN4O2/c1-20-7-6-8-21(26)10-11-22(31)12-15-29(20)17-24(32)30-16-13-25(2,19-30)18-28(3)23-9-4-5-14-27-23/h4-7,9-10,14,20,22,31H,8,11-13,15-19H2,1-3H3/b7-6-,21-10+. The summed E-state index contributed by atoms with van der Waals surface area (Å²) in [7, 11) is 2.06. The van der Waals surface area contributed by atoms with Gasteiger partial charge in [0.1, 0.15) is 5.82 Å². The van der Waals surface area contributed by atoms with E-state index in [2.05, 4.69) is 47.8 Å². The third kappa shape index (κ3) is 7.06. The van der Waals surface area contributed by atoms with Crippen molar-refractivity contribution in [3.05, 3.63) is 47.7 Å². The molecule has 3 rings (SSSR count). The monoisotopic (exact) mass is 460 g/mol. The van der Waals surface area contributed by atoms with E-state index in [1.165, 1.54) is 0 Å². The molecule has 6 nitrogen and oxygen atoms in total. The molecule has 3 heterocycles. The number of rotatable bonds is 5. The van der Waals surface area contributed by atoms with Crippen LogP contribution in [0.4, 0.5) is 5.82 Å². The first-order valence-corrected chi connectivity index (χ1v) is 12.0. The highest BCUT2D eigenvalue weighted by Crippen LogP contribution is 2.32. The van der Waals surface area contributed by atoms with Crippen LogP contribution in [0.2, 0.25) is 0 Å². The summed E-state index contributed by atoms with van der Waals surface area (Å²) in [4.78, 5) is 24.0. The van der Waals surface area contributed by atoms with E-state index in [4.69, 9.17) is 11.6 Å². The Hall–Kier alpha value is -1.89. The fraction of sp³-hybridized carbons (Fsp3) is 0.600. The molecule has 2 aliphatic rings. The Balaban J connectivity index is 1.58. The van der Waals surface area contributed by atoms with E-state index < -0.39 is 6.10 Å². The van der Waals surface area contributed by atoms with Crippen LogP contribution in [0.3, 0.4) is 0 Å². The second kappa shape index (κ2) is 11.3. The molecule has 1 saturated heterocycles. The van der Waals surface area contributed by atoms with E-state index in [0.717, 1.165) is 36.9 Å². The van der Waals surface area contributed by atoms with Gasteiger partial charge in [-0.15, -0.1) is 0 Å². The number of aliphatic hydroxyl groups excluding tert-OH is 1. The summed E-state index contributed by atoms with van der Waals surface area (Å²) in [5, 5.41) is 11.0. The molecule has 0 radical (unpaired) electrons. The Bertz CT molecular complexity index is 815. The molecule has 1 fully saturated rings. The minimum Gasteiger partial charge on any atom is -0.393 e. The molecule has 7 heteroatoms. The number of pyridine rings is 1. The number of allylic oxidation sites excluding steroid dienone is 2. The summed E-state index contributed by atoms with van der Waals surface area (Å²) in [5.41, 5.74) is 0.0373. The molecule has 1 N–H and O–H groups in total. The van der Waals surface area contributed by atoms with Crippen LogP contribution >= 0.6 is 11.6 Å². The summed E-state index contributed by atoms with van der Waals surface area (Å²) < 4.78 is 0. The van der Waals surface area contributed by atoms with Crippen LogP contribution in [-0.2, 0) is 4.79 Å². The van der Waals surface area contributed by atoms with Gasteiger partial charge < -0.3 is 14.9 Å². The first-order chi connectivity index (χ1) is 15.3. The molecule has 0 aromatic carbocycles. The van der Waals surface area contributed by atoms with Crippen LogP contribution in [0, 0.1) is 5.41 Å². The number of carbonyl (C=O) groups excluding carboxylic acids is 1. The molecule has 0 aliphatic carbocycles. The second-order valence-corrected chi connectivity index (χ2v) is 10.1. The summed E-state index contributed by atoms with van der Waals surface area (Å²) in [6, 6.07) is 6.05. The van der Waals surface area contributed by atoms with E-state index in [1.807, 2.05) is 35.4 Å². The Kier molecular flexibility index (Phi) is 8.74. The number of halogens is 1. The van der Waals surface area contributed by atoms with Gasteiger partial charge in [-0.05, 0) is 38.3 Å². The van der Waals surface area contributed by atoms with Crippen molar-refractivity contribution in [3.8, 4) is 0 Å². The van der Waals surface area contributed by atoms with E-state index in [1.54, 1.807) is 0 Å². The molecule has 2 aliphatic heterocycles. The number of nitrogens with zero attached hydrogens (tertiary/aromatic N) is 4. The molecular weight excluding hydrogens is 424 g/mol. The van der Waals surface area contributed by atoms with Gasteiger partial charge in [0.25, 0.3) is 0 Å². The summed E-state index contributed by atoms with van der Waals surface area (Å²) in [6.07, 6.45) is 10.2. The van der Waals surface area contributed by atoms with Gasteiger partial charge in [0, 0.05) is 62.3 Å². The SMILES string of the molecule is CC1/C=C\C/C(Cl)=C\CC(O)CCN1CC(=O)N1CCC(C)(CN(C)c2ccccn2)C1. The Morgan fingerprint density at radius 1 is 1.38 bits per heavy atom. The number of hydrogen-bond donors (Lipinski definition) is 1. The minimum atomic E-state index is -0.441. The highest BCUT2D eigenvalue weighted by molar-refractivity contribution is 6.29. The first-order valence-electron chi connectivity index (χ1n) is 11.6. The van der Waals surface area contributed by atoms with Gasteiger partial charge in [-0.3, -0.25) is 9.69 Å². The van der Waals surface area contributed by atoms with Crippen molar-refractivity contribution in [1.29, 1.82) is 0 Å². The van der Waals surface area contributed by atoms with Crippen LogP contribution in [0.1, 0.15) is 39.5 Å². The lowest BCUT2D eigenvalue weighted by Crippen LogP contribution is -2.44. The average Bonchev–Trinajstić information content (AvgIpc) is 3.16. The summed E-state index contributed by atoms with van der Waals surface area (Å²) in [5.74, 6) is 1.12. The lowest BCUT2D eigenvalue weighted by molar-refractivity contribution is -0.132. The molecule has 32 heavy (non-hydrogen) atoms. The third-order valence-electron chi connectivity index (χ3n) is 6.57. The van der Waals surface area contributed by atoms with Crippen LogP contribution in [0.15, 0.2) is 47.7 Å². The molecular formula is C25H37ClN4O2. The number of amides is 1. The van der Waals surface area contributed by atoms with E-state index in [-0.39, 0.29) is 17.4 Å². The zero-order valence-electron chi connectivity index (χ0n) is 19.6. The number of anilines is 1. The van der Waals surface area contributed by atoms with Gasteiger partial charge in [0.05, 0.1) is 12.6 Å². The van der Waals surface area contributed by atoms with Crippen molar-refractivity contribution in [2.75, 3.05) is 44.7 Å². The number of aliphatic hydroxyl groups is 1. The zero-order valence-corrected chi connectivity index (χ0v) is 20.3. The van der Waals surface area contributed by atoms with Crippen LogP contribution in [0.25, 0.3) is 0 Å². The van der Waals surface area contributed by atoms with Gasteiger partial charge in [-0.25, -0.2) is 4.98 Å². The van der Waals surface area contributed by atoms with Crippen LogP contribution in [-0.4, -0.2) is 77.7 Å². The molecule has 3 atom stereocenters. The minimum absolute atomic E-state index is 0.0373. The average molecular weight is 461 g/mol. The highest BCUT2D eigenvalue weighted by Gasteiger charge is 2.37. The highest BCUT2D eigenvalue weighted by atomic mass is 35.5. The van der Waals surface area contributed by atoms with Crippen molar-refractivity contribution >= 4 is 23.3 Å². The molecule has 3 unspecified atom stereocenters. The lowest BCUT2D eigenvalue weighted by Gasteiger charge is -2.32. The van der Waals surface area contributed by atoms with Gasteiger partial charge in [-0.1, -0.05) is 42.8 Å². The Labute approximate surface area is 197 Å². The predicted molar refractivity (Wildman–Crippen MR) is 131 cm³/mol. The van der Waals surface area contributed by atoms with Crippen molar-refractivity contribution in [2.24, 2.45) is 5.41 Å². The molecule has 176 valence electrons. The van der Waals surface area contributed by atoms with Crippen LogP contribution < -0.4 is 4.90 Å². The smallest absolute Gasteiger partial charge is 0.236 e. The molecule has 1 aromatic heterocycles. The number of carbonyl (C=O) groups is 1. The van der Waals surface area contributed by atoms with Crippen molar-refractivity contribution in [3.63, 3.8) is 0 Å². The quantitative estimate of drug-likeness (QED) is 0.679. The van der Waals surface area contributed by atoms with E-state index in [9.17, 15) is 9.90 Å². The molecule has 0 bridgehead atoms. The molecule has 0 spiro atoms. The van der Waals surface area contributed by atoms with Crippen molar-refractivity contribution in [1.82, 2.24) is 14.8 Å². The number of hydrogen-bond acceptors (Lipinski definition) is 5. The van der Waals surface area contributed by atoms with Gasteiger partial charge >= 0.3 is 0 Å². The summed E-state index contributed by atoms with van der Waals surface area (Å²) >= 11 is 6.21. The molecule has 1 amide bonds. The topological polar surface area (TPSA) is 59.9 Å². The molecule has 0 saturated carbocycles. The van der Waals surface area contributed by atoms with Gasteiger partial charge in [-0.2, -0.15) is 0 Å². The maximum absolute atomic E-state index is 13.2. The number of aromatic nitrogens is 1. The zero-order chi connectivity index (χ0) is 23.1. The van der Waals surface area contributed by atoms with Crippen LogP contribution in [0.5, 0.6) is 0 Å². The first kappa shape index (κ1) is 24.7.